The molecular formula is C27H53N2OS+. The molecule has 0 radical (unpaired) electrons. The molecule has 1 aliphatic rings. The molecule has 1 heterocycles. The van der Waals surface area contributed by atoms with Crippen LogP contribution in [-0.2, 0) is 4.74 Å². The van der Waals surface area contributed by atoms with Crippen LogP contribution in [0, 0.1) is 5.41 Å². The monoisotopic (exact) mass is 453 g/mol. The van der Waals surface area contributed by atoms with Gasteiger partial charge in [-0.25, -0.2) is 0 Å². The summed E-state index contributed by atoms with van der Waals surface area (Å²) in [5.74, 6) is 0.342. The number of nitrogens with one attached hydrogen (secondary N) is 1. The summed E-state index contributed by atoms with van der Waals surface area (Å²) < 4.78 is 6.80. The van der Waals surface area contributed by atoms with Crippen molar-refractivity contribution in [2.45, 2.75) is 122 Å². The van der Waals surface area contributed by atoms with Crippen LogP contribution in [0.4, 0.5) is 0 Å². The largest absolute Gasteiger partial charge is 0.480 e. The third-order valence-corrected chi connectivity index (χ3v) is 7.36. The zero-order valence-electron chi connectivity index (χ0n) is 21.1. The molecule has 0 spiro atoms. The van der Waals surface area contributed by atoms with E-state index in [-0.39, 0.29) is 5.25 Å². The topological polar surface area (TPSA) is 33.1 Å². The molecule has 1 aliphatic heterocycles. The molecule has 2 unspecified atom stereocenters. The molecule has 4 heteroatoms. The molecule has 0 aromatic heterocycles. The third-order valence-electron chi connectivity index (χ3n) is 6.80. The van der Waals surface area contributed by atoms with Crippen LogP contribution in [0.5, 0.6) is 0 Å². The van der Waals surface area contributed by atoms with Crippen LogP contribution in [-0.4, -0.2) is 48.9 Å². The van der Waals surface area contributed by atoms with Crippen LogP contribution in [0.1, 0.15) is 117 Å². The van der Waals surface area contributed by atoms with Gasteiger partial charge in [0.15, 0.2) is 5.90 Å². The lowest BCUT2D eigenvalue weighted by atomic mass is 10.0. The molecule has 0 amide bonds. The van der Waals surface area contributed by atoms with Crippen molar-refractivity contribution in [2.24, 2.45) is 0 Å². The Morgan fingerprint density at radius 1 is 0.903 bits per heavy atom. The molecule has 1 rings (SSSR count). The van der Waals surface area contributed by atoms with Gasteiger partial charge in [0.1, 0.15) is 11.8 Å². The van der Waals surface area contributed by atoms with Gasteiger partial charge in [-0.05, 0) is 19.3 Å². The van der Waals surface area contributed by atoms with Gasteiger partial charge in [0.2, 0.25) is 0 Å². The molecule has 0 saturated heterocycles. The summed E-state index contributed by atoms with van der Waals surface area (Å²) in [5.41, 5.74) is 1.29. The molecule has 2 atom stereocenters. The van der Waals surface area contributed by atoms with Gasteiger partial charge in [-0.2, -0.15) is 12.6 Å². The zero-order valence-corrected chi connectivity index (χ0v) is 22.0. The van der Waals surface area contributed by atoms with E-state index in [0.717, 1.165) is 23.9 Å². The number of quaternary nitrogens is 1. The molecule has 0 bridgehead atoms. The highest BCUT2D eigenvalue weighted by molar-refractivity contribution is 7.82. The number of ether oxygens (including phenoxy) is 1. The standard InChI is InChI=1S/C27H52N2OS/c1-4-6-8-10-11-12-13-14-15-16-17-21-29(3)22-19-20-25(24-29)26(31)27(28)30-23-18-9-7-5-2/h20,26,28H,4-19,21-24H2,1-3H3/p+1. The molecule has 0 aromatic rings. The van der Waals surface area contributed by atoms with E-state index in [4.69, 9.17) is 22.8 Å². The summed E-state index contributed by atoms with van der Waals surface area (Å²) >= 11 is 4.75. The van der Waals surface area contributed by atoms with Crippen LogP contribution in [0.3, 0.4) is 0 Å². The minimum atomic E-state index is -0.166. The Kier molecular flexibility index (Phi) is 16.6. The molecule has 0 aliphatic carbocycles. The van der Waals surface area contributed by atoms with Crippen molar-refractivity contribution in [3.63, 3.8) is 0 Å². The molecule has 3 nitrogen and oxygen atoms in total. The van der Waals surface area contributed by atoms with Crippen LogP contribution in [0.2, 0.25) is 0 Å². The summed E-state index contributed by atoms with van der Waals surface area (Å²) in [6.07, 6.45) is 23.5. The van der Waals surface area contributed by atoms with E-state index in [2.05, 4.69) is 27.0 Å². The molecule has 0 aromatic carbocycles. The van der Waals surface area contributed by atoms with Crippen molar-refractivity contribution < 1.29 is 9.22 Å². The lowest BCUT2D eigenvalue weighted by Crippen LogP contribution is -2.50. The smallest absolute Gasteiger partial charge is 0.198 e. The van der Waals surface area contributed by atoms with Crippen molar-refractivity contribution in [3.8, 4) is 0 Å². The van der Waals surface area contributed by atoms with Crippen LogP contribution in [0.25, 0.3) is 0 Å². The first kappa shape index (κ1) is 28.6. The summed E-state index contributed by atoms with van der Waals surface area (Å²) in [5, 5.41) is 8.12. The molecule has 0 saturated carbocycles. The molecule has 0 fully saturated rings. The van der Waals surface area contributed by atoms with E-state index in [1.165, 1.54) is 109 Å². The average molecular weight is 454 g/mol. The predicted molar refractivity (Wildman–Crippen MR) is 141 cm³/mol. The first-order valence-electron chi connectivity index (χ1n) is 13.4. The van der Waals surface area contributed by atoms with E-state index in [0.29, 0.717) is 12.5 Å². The second-order valence-electron chi connectivity index (χ2n) is 10.0. The Hall–Kier alpha value is -0.480. The van der Waals surface area contributed by atoms with Gasteiger partial charge in [-0.15, -0.1) is 0 Å². The fourth-order valence-electron chi connectivity index (χ4n) is 4.65. The van der Waals surface area contributed by atoms with E-state index in [9.17, 15) is 0 Å². The minimum Gasteiger partial charge on any atom is -0.480 e. The summed E-state index contributed by atoms with van der Waals surface area (Å²) in [7, 11) is 2.39. The number of thiol groups is 1. The fourth-order valence-corrected chi connectivity index (χ4v) is 4.91. The lowest BCUT2D eigenvalue weighted by Gasteiger charge is -2.39. The number of rotatable bonds is 19. The van der Waals surface area contributed by atoms with E-state index >= 15 is 0 Å². The Morgan fingerprint density at radius 2 is 1.42 bits per heavy atom. The van der Waals surface area contributed by atoms with E-state index < -0.39 is 0 Å². The normalized spacial score (nSPS) is 19.8. The highest BCUT2D eigenvalue weighted by Gasteiger charge is 2.30. The van der Waals surface area contributed by atoms with Crippen LogP contribution < -0.4 is 0 Å². The van der Waals surface area contributed by atoms with Gasteiger partial charge in [-0.3, -0.25) is 5.41 Å². The SMILES string of the molecule is CCCCCCCCCCCCC[N+]1(C)CCC=C(C(S)C(=N)OCCCCCC)C1. The Bertz CT molecular complexity index is 494. The van der Waals surface area contributed by atoms with Crippen molar-refractivity contribution in [3.05, 3.63) is 11.6 Å². The maximum atomic E-state index is 8.29. The van der Waals surface area contributed by atoms with Crippen molar-refractivity contribution in [1.82, 2.24) is 0 Å². The Balaban J connectivity index is 2.17. The Morgan fingerprint density at radius 3 is 2.00 bits per heavy atom. The number of hydrogen-bond donors (Lipinski definition) is 2. The van der Waals surface area contributed by atoms with Crippen molar-refractivity contribution in [2.75, 3.05) is 33.3 Å². The first-order chi connectivity index (χ1) is 15.0. The number of nitrogens with zero attached hydrogens (tertiary/aromatic N) is 1. The van der Waals surface area contributed by atoms with Gasteiger partial charge < -0.3 is 9.22 Å². The van der Waals surface area contributed by atoms with Crippen LogP contribution >= 0.6 is 12.6 Å². The van der Waals surface area contributed by atoms with E-state index in [1.807, 2.05) is 0 Å². The minimum absolute atomic E-state index is 0.166. The second kappa shape index (κ2) is 18.0. The summed E-state index contributed by atoms with van der Waals surface area (Å²) in [6.45, 7) is 8.65. The highest BCUT2D eigenvalue weighted by atomic mass is 32.1. The number of unbranched alkanes of at least 4 members (excludes halogenated alkanes) is 13. The quantitative estimate of drug-likeness (QED) is 0.0510. The third kappa shape index (κ3) is 13.6. The predicted octanol–water partition coefficient (Wildman–Crippen LogP) is 7.95. The molecule has 31 heavy (non-hydrogen) atoms. The van der Waals surface area contributed by atoms with Gasteiger partial charge in [-0.1, -0.05) is 97.0 Å². The zero-order chi connectivity index (χ0) is 22.8. The number of hydrogen-bond acceptors (Lipinski definition) is 3. The van der Waals surface area contributed by atoms with Crippen molar-refractivity contribution >= 4 is 18.5 Å². The molecular weight excluding hydrogens is 400 g/mol. The summed E-state index contributed by atoms with van der Waals surface area (Å²) in [4.78, 5) is 0. The maximum absolute atomic E-state index is 8.29. The van der Waals surface area contributed by atoms with Crippen LogP contribution in [0.15, 0.2) is 11.6 Å². The fraction of sp³-hybridized carbons (Fsp3) is 0.889. The van der Waals surface area contributed by atoms with E-state index in [1.54, 1.807) is 0 Å². The van der Waals surface area contributed by atoms with Crippen molar-refractivity contribution in [1.29, 1.82) is 5.41 Å². The number of likely N-dealkylation sites (N-methyl/N-ethyl adjacent to an activating group) is 1. The average Bonchev–Trinajstić information content (AvgIpc) is 2.76. The molecule has 182 valence electrons. The maximum Gasteiger partial charge on any atom is 0.198 e. The highest BCUT2D eigenvalue weighted by Crippen LogP contribution is 2.24. The Labute approximate surface area is 199 Å². The first-order valence-corrected chi connectivity index (χ1v) is 14.0. The molecule has 1 N–H and O–H groups in total. The van der Waals surface area contributed by atoms with Gasteiger partial charge in [0, 0.05) is 12.0 Å². The summed E-state index contributed by atoms with van der Waals surface area (Å²) in [6, 6.07) is 0. The van der Waals surface area contributed by atoms with Gasteiger partial charge in [0.25, 0.3) is 0 Å². The lowest BCUT2D eigenvalue weighted by molar-refractivity contribution is -0.906. The second-order valence-corrected chi connectivity index (χ2v) is 10.5. The van der Waals surface area contributed by atoms with Gasteiger partial charge in [0.05, 0.1) is 26.7 Å². The van der Waals surface area contributed by atoms with Gasteiger partial charge >= 0.3 is 0 Å².